The standard InChI is InChI=1S/C23H30N4O2/c1-4-13-27(2)14-15-29-22-11-7-20(8-12-22)26-23-24-16-19(17-25-23)18-5-9-21(28-3)10-6-18/h1,5-12,19,23-26H,13-17H2,2-3H3. The van der Waals surface area contributed by atoms with Gasteiger partial charge in [0.25, 0.3) is 0 Å². The van der Waals surface area contributed by atoms with Gasteiger partial charge in [0.2, 0.25) is 0 Å². The zero-order valence-electron chi connectivity index (χ0n) is 17.2. The summed E-state index contributed by atoms with van der Waals surface area (Å²) in [4.78, 5) is 2.05. The van der Waals surface area contributed by atoms with E-state index in [-0.39, 0.29) is 6.29 Å². The Kier molecular flexibility index (Phi) is 7.77. The van der Waals surface area contributed by atoms with Gasteiger partial charge >= 0.3 is 0 Å². The summed E-state index contributed by atoms with van der Waals surface area (Å²) in [5.41, 5.74) is 2.34. The Bertz CT molecular complexity index is 778. The van der Waals surface area contributed by atoms with Crippen molar-refractivity contribution in [2.24, 2.45) is 0 Å². The number of terminal acetylenes is 1. The van der Waals surface area contributed by atoms with Crippen molar-refractivity contribution in [3.8, 4) is 23.8 Å². The van der Waals surface area contributed by atoms with Crippen LogP contribution in [0.4, 0.5) is 5.69 Å². The predicted octanol–water partition coefficient (Wildman–Crippen LogP) is 2.31. The lowest BCUT2D eigenvalue weighted by Gasteiger charge is -2.32. The molecule has 0 atom stereocenters. The maximum absolute atomic E-state index is 5.77. The van der Waals surface area contributed by atoms with Crippen LogP contribution in [0.2, 0.25) is 0 Å². The highest BCUT2D eigenvalue weighted by molar-refractivity contribution is 5.47. The van der Waals surface area contributed by atoms with Crippen LogP contribution in [0.3, 0.4) is 0 Å². The minimum atomic E-state index is 0.0358. The lowest BCUT2D eigenvalue weighted by molar-refractivity contribution is 0.251. The molecule has 1 aliphatic rings. The number of hydrogen-bond donors (Lipinski definition) is 3. The fourth-order valence-corrected chi connectivity index (χ4v) is 3.25. The van der Waals surface area contributed by atoms with Crippen LogP contribution in [-0.2, 0) is 0 Å². The molecule has 0 spiro atoms. The zero-order valence-corrected chi connectivity index (χ0v) is 17.2. The molecule has 2 aromatic rings. The van der Waals surface area contributed by atoms with Crippen molar-refractivity contribution in [3.63, 3.8) is 0 Å². The highest BCUT2D eigenvalue weighted by atomic mass is 16.5. The van der Waals surface area contributed by atoms with Crippen molar-refractivity contribution in [1.29, 1.82) is 0 Å². The van der Waals surface area contributed by atoms with Gasteiger partial charge in [-0.15, -0.1) is 6.42 Å². The molecule has 6 nitrogen and oxygen atoms in total. The van der Waals surface area contributed by atoms with Gasteiger partial charge in [-0.1, -0.05) is 18.1 Å². The molecule has 29 heavy (non-hydrogen) atoms. The van der Waals surface area contributed by atoms with Crippen LogP contribution in [0.25, 0.3) is 0 Å². The second-order valence-corrected chi connectivity index (χ2v) is 7.18. The molecule has 1 heterocycles. The van der Waals surface area contributed by atoms with E-state index in [1.165, 1.54) is 5.56 Å². The number of nitrogens with one attached hydrogen (secondary N) is 3. The second-order valence-electron chi connectivity index (χ2n) is 7.18. The van der Waals surface area contributed by atoms with Crippen LogP contribution < -0.4 is 25.4 Å². The Balaban J connectivity index is 1.41. The summed E-state index contributed by atoms with van der Waals surface area (Å²) in [6, 6.07) is 16.3. The summed E-state index contributed by atoms with van der Waals surface area (Å²) < 4.78 is 11.0. The summed E-state index contributed by atoms with van der Waals surface area (Å²) >= 11 is 0. The molecule has 154 valence electrons. The first-order valence-electron chi connectivity index (χ1n) is 9.90. The van der Waals surface area contributed by atoms with Gasteiger partial charge in [0, 0.05) is 31.2 Å². The van der Waals surface area contributed by atoms with Gasteiger partial charge in [-0.3, -0.25) is 15.5 Å². The van der Waals surface area contributed by atoms with Crippen LogP contribution >= 0.6 is 0 Å². The number of ether oxygens (including phenoxy) is 2. The minimum absolute atomic E-state index is 0.0358. The van der Waals surface area contributed by atoms with Gasteiger partial charge in [0.15, 0.2) is 0 Å². The molecule has 3 rings (SSSR count). The summed E-state index contributed by atoms with van der Waals surface area (Å²) in [7, 11) is 3.67. The van der Waals surface area contributed by atoms with Crippen LogP contribution in [-0.4, -0.2) is 58.1 Å². The lowest BCUT2D eigenvalue weighted by Crippen LogP contribution is -2.55. The van der Waals surface area contributed by atoms with Crippen LogP contribution in [0, 0.1) is 12.3 Å². The second kappa shape index (κ2) is 10.7. The number of hydrogen-bond acceptors (Lipinski definition) is 6. The molecule has 2 aromatic carbocycles. The van der Waals surface area contributed by atoms with E-state index in [4.69, 9.17) is 15.9 Å². The topological polar surface area (TPSA) is 57.8 Å². The van der Waals surface area contributed by atoms with Gasteiger partial charge in [0.1, 0.15) is 24.4 Å². The largest absolute Gasteiger partial charge is 0.497 e. The predicted molar refractivity (Wildman–Crippen MR) is 117 cm³/mol. The fourth-order valence-electron chi connectivity index (χ4n) is 3.25. The van der Waals surface area contributed by atoms with Crippen molar-refractivity contribution in [2.75, 3.05) is 52.3 Å². The van der Waals surface area contributed by atoms with Crippen LogP contribution in [0.5, 0.6) is 11.5 Å². The molecule has 0 radical (unpaired) electrons. The molecule has 0 aromatic heterocycles. The van der Waals surface area contributed by atoms with Gasteiger partial charge in [0.05, 0.1) is 13.7 Å². The number of anilines is 1. The summed E-state index contributed by atoms with van der Waals surface area (Å²) in [6.07, 6.45) is 5.34. The quantitative estimate of drug-likeness (QED) is 0.568. The van der Waals surface area contributed by atoms with Crippen LogP contribution in [0.15, 0.2) is 48.5 Å². The highest BCUT2D eigenvalue weighted by Crippen LogP contribution is 2.21. The normalized spacial score (nSPS) is 18.8. The van der Waals surface area contributed by atoms with Crippen LogP contribution in [0.1, 0.15) is 11.5 Å². The molecule has 0 unspecified atom stereocenters. The molecule has 1 aliphatic heterocycles. The summed E-state index contributed by atoms with van der Waals surface area (Å²) in [5.74, 6) is 4.80. The number of nitrogens with zero attached hydrogens (tertiary/aromatic N) is 1. The molecule has 1 fully saturated rings. The third kappa shape index (κ3) is 6.40. The van der Waals surface area contributed by atoms with Crippen molar-refractivity contribution in [1.82, 2.24) is 15.5 Å². The summed E-state index contributed by atoms with van der Waals surface area (Å²) in [5, 5.41) is 10.5. The molecule has 3 N–H and O–H groups in total. The average molecular weight is 395 g/mol. The maximum Gasteiger partial charge on any atom is 0.132 e. The SMILES string of the molecule is C#CCN(C)CCOc1ccc(NC2NCC(c3ccc(OC)cc3)CN2)cc1. The van der Waals surface area contributed by atoms with Gasteiger partial charge in [-0.05, 0) is 49.0 Å². The zero-order chi connectivity index (χ0) is 20.5. The maximum atomic E-state index is 5.77. The Labute approximate surface area is 173 Å². The fraction of sp³-hybridized carbons (Fsp3) is 0.391. The molecule has 0 amide bonds. The third-order valence-corrected chi connectivity index (χ3v) is 4.99. The first kappa shape index (κ1) is 21.0. The van der Waals surface area contributed by atoms with Gasteiger partial charge in [-0.25, -0.2) is 0 Å². The minimum Gasteiger partial charge on any atom is -0.497 e. The Morgan fingerprint density at radius 1 is 1.07 bits per heavy atom. The molecule has 0 saturated carbocycles. The lowest BCUT2D eigenvalue weighted by atomic mass is 9.97. The van der Waals surface area contributed by atoms with Crippen molar-refractivity contribution in [3.05, 3.63) is 54.1 Å². The molecular weight excluding hydrogens is 364 g/mol. The van der Waals surface area contributed by atoms with E-state index in [1.807, 2.05) is 43.4 Å². The van der Waals surface area contributed by atoms with E-state index < -0.39 is 0 Å². The molecular formula is C23H30N4O2. The van der Waals surface area contributed by atoms with E-state index >= 15 is 0 Å². The van der Waals surface area contributed by atoms with Crippen molar-refractivity contribution < 1.29 is 9.47 Å². The van der Waals surface area contributed by atoms with E-state index in [2.05, 4.69) is 38.9 Å². The van der Waals surface area contributed by atoms with E-state index in [1.54, 1.807) is 7.11 Å². The Hall–Kier alpha value is -2.72. The number of methoxy groups -OCH3 is 1. The van der Waals surface area contributed by atoms with Crippen molar-refractivity contribution >= 4 is 5.69 Å². The Morgan fingerprint density at radius 2 is 1.72 bits per heavy atom. The number of rotatable bonds is 9. The van der Waals surface area contributed by atoms with Gasteiger partial charge < -0.3 is 14.8 Å². The van der Waals surface area contributed by atoms with E-state index in [0.29, 0.717) is 19.1 Å². The average Bonchev–Trinajstić information content (AvgIpc) is 2.76. The van der Waals surface area contributed by atoms with E-state index in [9.17, 15) is 0 Å². The smallest absolute Gasteiger partial charge is 0.132 e. The summed E-state index contributed by atoms with van der Waals surface area (Å²) in [6.45, 7) is 3.86. The highest BCUT2D eigenvalue weighted by Gasteiger charge is 2.20. The molecule has 1 saturated heterocycles. The first-order valence-corrected chi connectivity index (χ1v) is 9.90. The van der Waals surface area contributed by atoms with Crippen molar-refractivity contribution in [2.45, 2.75) is 12.2 Å². The van der Waals surface area contributed by atoms with Gasteiger partial charge in [-0.2, -0.15) is 0 Å². The number of benzene rings is 2. The first-order chi connectivity index (χ1) is 14.2. The van der Waals surface area contributed by atoms with E-state index in [0.717, 1.165) is 36.8 Å². The molecule has 6 heteroatoms. The molecule has 0 bridgehead atoms. The number of likely N-dealkylation sites (N-methyl/N-ethyl adjacent to an activating group) is 1. The molecule has 0 aliphatic carbocycles. The third-order valence-electron chi connectivity index (χ3n) is 4.99. The monoisotopic (exact) mass is 394 g/mol. The Morgan fingerprint density at radius 3 is 2.34 bits per heavy atom.